The minimum Gasteiger partial charge on any atom is -0.374 e. The maximum atomic E-state index is 11.0. The second-order valence-electron chi connectivity index (χ2n) is 4.23. The maximum Gasteiger partial charge on any atom is 0.292 e. The molecule has 0 radical (unpaired) electrons. The molecular weight excluding hydrogens is 244 g/mol. The molecule has 0 saturated carbocycles. The van der Waals surface area contributed by atoms with Crippen molar-refractivity contribution < 1.29 is 4.92 Å². The van der Waals surface area contributed by atoms with Crippen LogP contribution in [-0.2, 0) is 6.54 Å². The molecule has 0 fully saturated rings. The van der Waals surface area contributed by atoms with E-state index in [0.717, 1.165) is 11.3 Å². The van der Waals surface area contributed by atoms with Crippen molar-refractivity contribution in [3.63, 3.8) is 0 Å². The molecule has 1 aromatic carbocycles. The fourth-order valence-electron chi connectivity index (χ4n) is 1.73. The summed E-state index contributed by atoms with van der Waals surface area (Å²) in [6.07, 6.45) is 1.67. The second-order valence-corrected chi connectivity index (χ2v) is 4.23. The second kappa shape index (κ2) is 5.43. The fraction of sp³-hybridized carbons (Fsp3) is 0.231. The van der Waals surface area contributed by atoms with Crippen molar-refractivity contribution in [1.82, 2.24) is 9.97 Å². The van der Waals surface area contributed by atoms with E-state index in [1.807, 2.05) is 13.0 Å². The number of hydrogen-bond acceptors (Lipinski definition) is 5. The average molecular weight is 258 g/mol. The Morgan fingerprint density at radius 3 is 2.79 bits per heavy atom. The molecule has 0 bridgehead atoms. The number of nitro groups is 1. The van der Waals surface area contributed by atoms with Crippen molar-refractivity contribution in [2.75, 3.05) is 5.32 Å². The van der Waals surface area contributed by atoms with Crippen LogP contribution in [0, 0.1) is 24.0 Å². The van der Waals surface area contributed by atoms with Gasteiger partial charge in [0, 0.05) is 12.3 Å². The molecule has 0 unspecified atom stereocenters. The van der Waals surface area contributed by atoms with Crippen LogP contribution in [0.3, 0.4) is 0 Å². The Morgan fingerprint density at radius 2 is 2.11 bits per heavy atom. The summed E-state index contributed by atoms with van der Waals surface area (Å²) in [6, 6.07) is 6.87. The standard InChI is InChI=1S/C13H14N4O2/c1-9-3-4-12(13(7-9)17(18)19)15-8-11-5-6-14-10(2)16-11/h3-7,15H,8H2,1-2H3. The smallest absolute Gasteiger partial charge is 0.292 e. The molecule has 6 nitrogen and oxygen atoms in total. The van der Waals surface area contributed by atoms with Crippen LogP contribution in [0.5, 0.6) is 0 Å². The molecule has 0 amide bonds. The van der Waals surface area contributed by atoms with E-state index in [1.54, 1.807) is 31.3 Å². The monoisotopic (exact) mass is 258 g/mol. The van der Waals surface area contributed by atoms with Crippen LogP contribution in [0.2, 0.25) is 0 Å². The number of benzene rings is 1. The minimum absolute atomic E-state index is 0.0748. The Labute approximate surface area is 110 Å². The van der Waals surface area contributed by atoms with Gasteiger partial charge in [-0.3, -0.25) is 10.1 Å². The number of nitro benzene ring substituents is 1. The van der Waals surface area contributed by atoms with E-state index < -0.39 is 0 Å². The van der Waals surface area contributed by atoms with Gasteiger partial charge < -0.3 is 5.32 Å². The summed E-state index contributed by atoms with van der Waals surface area (Å²) in [5.41, 5.74) is 2.22. The number of rotatable bonds is 4. The molecule has 98 valence electrons. The Kier molecular flexibility index (Phi) is 3.70. The average Bonchev–Trinajstić information content (AvgIpc) is 2.37. The Hall–Kier alpha value is -2.50. The molecule has 0 atom stereocenters. The third-order valence-electron chi connectivity index (χ3n) is 2.64. The minimum atomic E-state index is -0.388. The maximum absolute atomic E-state index is 11.0. The molecule has 1 N–H and O–H groups in total. The first-order chi connectivity index (χ1) is 9.06. The van der Waals surface area contributed by atoms with Crippen LogP contribution in [0.4, 0.5) is 11.4 Å². The number of anilines is 1. The third kappa shape index (κ3) is 3.25. The summed E-state index contributed by atoms with van der Waals surface area (Å²) in [7, 11) is 0. The van der Waals surface area contributed by atoms with E-state index >= 15 is 0 Å². The van der Waals surface area contributed by atoms with Gasteiger partial charge in [0.2, 0.25) is 0 Å². The van der Waals surface area contributed by atoms with E-state index in [-0.39, 0.29) is 10.6 Å². The lowest BCUT2D eigenvalue weighted by Crippen LogP contribution is -2.05. The van der Waals surface area contributed by atoms with Crippen LogP contribution >= 0.6 is 0 Å². The van der Waals surface area contributed by atoms with Crippen molar-refractivity contribution >= 4 is 11.4 Å². The van der Waals surface area contributed by atoms with Gasteiger partial charge in [-0.05, 0) is 31.5 Å². The Balaban J connectivity index is 2.17. The summed E-state index contributed by atoms with van der Waals surface area (Å²) in [5.74, 6) is 0.678. The quantitative estimate of drug-likeness (QED) is 0.673. The zero-order valence-corrected chi connectivity index (χ0v) is 10.8. The number of nitrogens with zero attached hydrogens (tertiary/aromatic N) is 3. The number of hydrogen-bond donors (Lipinski definition) is 1. The van der Waals surface area contributed by atoms with Gasteiger partial charge in [0.25, 0.3) is 5.69 Å². The highest BCUT2D eigenvalue weighted by Crippen LogP contribution is 2.25. The SMILES string of the molecule is Cc1ccc(NCc2ccnc(C)n2)c([N+](=O)[O-])c1. The molecule has 1 aromatic heterocycles. The molecular formula is C13H14N4O2. The summed E-state index contributed by atoms with van der Waals surface area (Å²) in [4.78, 5) is 18.8. The molecule has 0 aliphatic carbocycles. The Bertz CT molecular complexity index is 613. The van der Waals surface area contributed by atoms with Crippen molar-refractivity contribution in [2.24, 2.45) is 0 Å². The van der Waals surface area contributed by atoms with E-state index in [9.17, 15) is 10.1 Å². The van der Waals surface area contributed by atoms with Crippen LogP contribution < -0.4 is 5.32 Å². The molecule has 0 saturated heterocycles. The predicted octanol–water partition coefficient (Wildman–Crippen LogP) is 2.61. The summed E-state index contributed by atoms with van der Waals surface area (Å²) < 4.78 is 0. The van der Waals surface area contributed by atoms with E-state index in [0.29, 0.717) is 18.1 Å². The van der Waals surface area contributed by atoms with Crippen molar-refractivity contribution in [3.8, 4) is 0 Å². The summed E-state index contributed by atoms with van der Waals surface area (Å²) in [6.45, 7) is 4.05. The highest BCUT2D eigenvalue weighted by atomic mass is 16.6. The van der Waals surface area contributed by atoms with Gasteiger partial charge in [0.05, 0.1) is 17.2 Å². The molecule has 0 aliphatic rings. The molecule has 0 spiro atoms. The molecule has 6 heteroatoms. The van der Waals surface area contributed by atoms with Gasteiger partial charge in [-0.2, -0.15) is 0 Å². The normalized spacial score (nSPS) is 10.2. The number of aryl methyl sites for hydroxylation is 2. The topological polar surface area (TPSA) is 81.0 Å². The summed E-state index contributed by atoms with van der Waals surface area (Å²) in [5, 5.41) is 14.0. The van der Waals surface area contributed by atoms with Crippen molar-refractivity contribution in [3.05, 3.63) is 57.7 Å². The number of nitrogens with one attached hydrogen (secondary N) is 1. The van der Waals surface area contributed by atoms with E-state index in [2.05, 4.69) is 15.3 Å². The van der Waals surface area contributed by atoms with E-state index in [1.165, 1.54) is 0 Å². The lowest BCUT2D eigenvalue weighted by molar-refractivity contribution is -0.384. The first-order valence-electron chi connectivity index (χ1n) is 5.83. The fourth-order valence-corrected chi connectivity index (χ4v) is 1.73. The largest absolute Gasteiger partial charge is 0.374 e. The first-order valence-corrected chi connectivity index (χ1v) is 5.83. The lowest BCUT2D eigenvalue weighted by Gasteiger charge is -2.07. The zero-order chi connectivity index (χ0) is 13.8. The molecule has 2 aromatic rings. The van der Waals surface area contributed by atoms with E-state index in [4.69, 9.17) is 0 Å². The Morgan fingerprint density at radius 1 is 1.32 bits per heavy atom. The molecule has 1 heterocycles. The zero-order valence-electron chi connectivity index (χ0n) is 10.8. The van der Waals surface area contributed by atoms with Gasteiger partial charge in [-0.15, -0.1) is 0 Å². The predicted molar refractivity (Wildman–Crippen MR) is 71.9 cm³/mol. The van der Waals surface area contributed by atoms with Crippen LogP contribution in [0.25, 0.3) is 0 Å². The third-order valence-corrected chi connectivity index (χ3v) is 2.64. The van der Waals surface area contributed by atoms with Gasteiger partial charge in [0.15, 0.2) is 0 Å². The molecule has 19 heavy (non-hydrogen) atoms. The lowest BCUT2D eigenvalue weighted by atomic mass is 10.2. The summed E-state index contributed by atoms with van der Waals surface area (Å²) >= 11 is 0. The van der Waals surface area contributed by atoms with Gasteiger partial charge in [-0.25, -0.2) is 9.97 Å². The van der Waals surface area contributed by atoms with Gasteiger partial charge >= 0.3 is 0 Å². The molecule has 0 aliphatic heterocycles. The van der Waals surface area contributed by atoms with Crippen molar-refractivity contribution in [1.29, 1.82) is 0 Å². The first kappa shape index (κ1) is 12.9. The molecule has 2 rings (SSSR count). The van der Waals surface area contributed by atoms with Crippen LogP contribution in [-0.4, -0.2) is 14.9 Å². The van der Waals surface area contributed by atoms with Crippen LogP contribution in [0.1, 0.15) is 17.1 Å². The van der Waals surface area contributed by atoms with Crippen LogP contribution in [0.15, 0.2) is 30.5 Å². The van der Waals surface area contributed by atoms with Gasteiger partial charge in [-0.1, -0.05) is 6.07 Å². The highest BCUT2D eigenvalue weighted by Gasteiger charge is 2.13. The number of aromatic nitrogens is 2. The van der Waals surface area contributed by atoms with Crippen molar-refractivity contribution in [2.45, 2.75) is 20.4 Å². The van der Waals surface area contributed by atoms with Gasteiger partial charge in [0.1, 0.15) is 11.5 Å². The highest BCUT2D eigenvalue weighted by molar-refractivity contribution is 5.62.